The lowest BCUT2D eigenvalue weighted by atomic mass is 10.0. The Morgan fingerprint density at radius 1 is 1.25 bits per heavy atom. The summed E-state index contributed by atoms with van der Waals surface area (Å²) in [6.07, 6.45) is 3.94. The maximum Gasteiger partial charge on any atom is 0.251 e. The first-order valence-electron chi connectivity index (χ1n) is 6.75. The fourth-order valence-corrected chi connectivity index (χ4v) is 2.38. The van der Waals surface area contributed by atoms with Gasteiger partial charge >= 0.3 is 0 Å². The van der Waals surface area contributed by atoms with Crippen LogP contribution < -0.4 is 11.1 Å². The second-order valence-corrected chi connectivity index (χ2v) is 5.30. The van der Waals surface area contributed by atoms with Crippen molar-refractivity contribution in [2.24, 2.45) is 0 Å². The van der Waals surface area contributed by atoms with Crippen LogP contribution in [0.5, 0.6) is 0 Å². The fraction of sp³-hybridized carbons (Fsp3) is 0.250. The number of nitrogens with zero attached hydrogens (tertiary/aromatic N) is 1. The molecule has 0 atom stereocenters. The molecule has 0 aliphatic heterocycles. The first-order chi connectivity index (χ1) is 9.70. The highest BCUT2D eigenvalue weighted by atomic mass is 16.1. The summed E-state index contributed by atoms with van der Waals surface area (Å²) in [7, 11) is 0. The molecule has 1 amide bonds. The van der Waals surface area contributed by atoms with Crippen molar-refractivity contribution in [3.8, 4) is 0 Å². The van der Waals surface area contributed by atoms with Crippen molar-refractivity contribution in [2.45, 2.75) is 18.3 Å². The summed E-state index contributed by atoms with van der Waals surface area (Å²) in [5, 5.41) is 2.99. The zero-order valence-corrected chi connectivity index (χ0v) is 11.2. The number of amides is 1. The Morgan fingerprint density at radius 3 is 2.75 bits per heavy atom. The van der Waals surface area contributed by atoms with Crippen molar-refractivity contribution in [2.75, 3.05) is 12.3 Å². The molecular formula is C16H17N3O. The number of nitrogens with one attached hydrogen (secondary N) is 1. The van der Waals surface area contributed by atoms with Gasteiger partial charge in [-0.05, 0) is 43.2 Å². The Balaban J connectivity index is 1.67. The molecule has 1 saturated carbocycles. The molecule has 1 aliphatic carbocycles. The van der Waals surface area contributed by atoms with E-state index < -0.39 is 0 Å². The molecule has 2 aromatic rings. The van der Waals surface area contributed by atoms with Crippen molar-refractivity contribution in [3.63, 3.8) is 0 Å². The van der Waals surface area contributed by atoms with Crippen molar-refractivity contribution < 1.29 is 4.79 Å². The largest absolute Gasteiger partial charge is 0.399 e. The van der Waals surface area contributed by atoms with Crippen LogP contribution in [0.2, 0.25) is 0 Å². The smallest absolute Gasteiger partial charge is 0.251 e. The molecule has 1 aliphatic rings. The first-order valence-corrected chi connectivity index (χ1v) is 6.75. The minimum atomic E-state index is -0.0838. The van der Waals surface area contributed by atoms with Crippen molar-refractivity contribution in [1.82, 2.24) is 10.3 Å². The molecule has 3 N–H and O–H groups in total. The zero-order chi connectivity index (χ0) is 14.0. The second-order valence-electron chi connectivity index (χ2n) is 5.30. The number of anilines is 1. The summed E-state index contributed by atoms with van der Waals surface area (Å²) in [4.78, 5) is 16.5. The van der Waals surface area contributed by atoms with E-state index in [9.17, 15) is 4.79 Å². The van der Waals surface area contributed by atoms with E-state index in [-0.39, 0.29) is 11.3 Å². The van der Waals surface area contributed by atoms with Gasteiger partial charge in [0.1, 0.15) is 0 Å². The summed E-state index contributed by atoms with van der Waals surface area (Å²) in [6.45, 7) is 0.623. The molecule has 20 heavy (non-hydrogen) atoms. The number of benzene rings is 1. The topological polar surface area (TPSA) is 68.0 Å². The molecule has 4 nitrogen and oxygen atoms in total. The van der Waals surface area contributed by atoms with Crippen LogP contribution in [0.25, 0.3) is 0 Å². The van der Waals surface area contributed by atoms with Crippen molar-refractivity contribution >= 4 is 11.6 Å². The predicted octanol–water partition coefficient (Wildman–Crippen LogP) is 2.13. The molecule has 0 bridgehead atoms. The van der Waals surface area contributed by atoms with Crippen LogP contribution >= 0.6 is 0 Å². The normalized spacial score (nSPS) is 15.6. The molecule has 0 saturated heterocycles. The van der Waals surface area contributed by atoms with Gasteiger partial charge in [-0.25, -0.2) is 0 Å². The molecule has 0 radical (unpaired) electrons. The van der Waals surface area contributed by atoms with E-state index in [2.05, 4.69) is 10.3 Å². The van der Waals surface area contributed by atoms with Crippen molar-refractivity contribution in [1.29, 1.82) is 0 Å². The molecule has 1 aromatic heterocycles. The summed E-state index contributed by atoms with van der Waals surface area (Å²) in [5.41, 5.74) is 7.98. The molecule has 4 heteroatoms. The minimum Gasteiger partial charge on any atom is -0.399 e. The molecular weight excluding hydrogens is 250 g/mol. The average Bonchev–Trinajstić information content (AvgIpc) is 3.27. The predicted molar refractivity (Wildman–Crippen MR) is 78.3 cm³/mol. The Bertz CT molecular complexity index is 621. The number of nitrogens with two attached hydrogens (primary N) is 1. The van der Waals surface area contributed by atoms with Crippen LogP contribution in [0.15, 0.2) is 48.7 Å². The fourth-order valence-electron chi connectivity index (χ4n) is 2.38. The average molecular weight is 267 g/mol. The standard InChI is InChI=1S/C16H17N3O/c17-13-5-3-4-12(10-13)15(20)19-11-16(7-8-16)14-6-1-2-9-18-14/h1-6,9-10H,7-8,11,17H2,(H,19,20). The summed E-state index contributed by atoms with van der Waals surface area (Å²) >= 11 is 0. The molecule has 1 heterocycles. The van der Waals surface area contributed by atoms with Crippen LogP contribution in [0.1, 0.15) is 28.9 Å². The third kappa shape index (κ3) is 2.50. The Kier molecular flexibility index (Phi) is 3.14. The van der Waals surface area contributed by atoms with E-state index in [1.165, 1.54) is 0 Å². The van der Waals surface area contributed by atoms with E-state index >= 15 is 0 Å². The Hall–Kier alpha value is -2.36. The number of nitrogen functional groups attached to an aromatic ring is 1. The third-order valence-electron chi connectivity index (χ3n) is 3.80. The van der Waals surface area contributed by atoms with Crippen LogP contribution in [0.3, 0.4) is 0 Å². The molecule has 3 rings (SSSR count). The van der Waals surface area contributed by atoms with Gasteiger partial charge in [-0.3, -0.25) is 9.78 Å². The van der Waals surface area contributed by atoms with Crippen LogP contribution in [-0.2, 0) is 5.41 Å². The Morgan fingerprint density at radius 2 is 2.10 bits per heavy atom. The molecule has 0 unspecified atom stereocenters. The highest BCUT2D eigenvalue weighted by Crippen LogP contribution is 2.46. The molecule has 1 fully saturated rings. The molecule has 0 spiro atoms. The maximum absolute atomic E-state index is 12.1. The van der Waals surface area contributed by atoms with Gasteiger partial charge in [-0.1, -0.05) is 12.1 Å². The molecule has 1 aromatic carbocycles. The zero-order valence-electron chi connectivity index (χ0n) is 11.2. The van der Waals surface area contributed by atoms with E-state index in [1.54, 1.807) is 30.5 Å². The lowest BCUT2D eigenvalue weighted by Crippen LogP contribution is -2.32. The van der Waals surface area contributed by atoms with Gasteiger partial charge < -0.3 is 11.1 Å². The lowest BCUT2D eigenvalue weighted by molar-refractivity contribution is 0.0949. The van der Waals surface area contributed by atoms with Crippen LogP contribution in [0, 0.1) is 0 Å². The number of hydrogen-bond donors (Lipinski definition) is 2. The lowest BCUT2D eigenvalue weighted by Gasteiger charge is -2.15. The number of aromatic nitrogens is 1. The van der Waals surface area contributed by atoms with Gasteiger partial charge in [0, 0.05) is 35.1 Å². The van der Waals surface area contributed by atoms with E-state index in [4.69, 9.17) is 5.73 Å². The molecule has 102 valence electrons. The van der Waals surface area contributed by atoms with E-state index in [1.807, 2.05) is 18.2 Å². The number of rotatable bonds is 4. The van der Waals surface area contributed by atoms with Gasteiger partial charge in [-0.15, -0.1) is 0 Å². The first kappa shape index (κ1) is 12.7. The highest BCUT2D eigenvalue weighted by Gasteiger charge is 2.45. The SMILES string of the molecule is Nc1cccc(C(=O)NCC2(c3ccccn3)CC2)c1. The number of hydrogen-bond acceptors (Lipinski definition) is 3. The quantitative estimate of drug-likeness (QED) is 0.834. The van der Waals surface area contributed by atoms with E-state index in [0.29, 0.717) is 17.8 Å². The van der Waals surface area contributed by atoms with Gasteiger partial charge in [-0.2, -0.15) is 0 Å². The second kappa shape index (κ2) is 4.96. The third-order valence-corrected chi connectivity index (χ3v) is 3.80. The summed E-state index contributed by atoms with van der Waals surface area (Å²) < 4.78 is 0. The van der Waals surface area contributed by atoms with E-state index in [0.717, 1.165) is 18.5 Å². The van der Waals surface area contributed by atoms with Gasteiger partial charge in [0.25, 0.3) is 5.91 Å². The highest BCUT2D eigenvalue weighted by molar-refractivity contribution is 5.95. The van der Waals surface area contributed by atoms with Crippen LogP contribution in [0.4, 0.5) is 5.69 Å². The summed E-state index contributed by atoms with van der Waals surface area (Å²) in [5.74, 6) is -0.0838. The van der Waals surface area contributed by atoms with Gasteiger partial charge in [0.05, 0.1) is 0 Å². The maximum atomic E-state index is 12.1. The minimum absolute atomic E-state index is 0.0250. The number of pyridine rings is 1. The van der Waals surface area contributed by atoms with Crippen LogP contribution in [-0.4, -0.2) is 17.4 Å². The van der Waals surface area contributed by atoms with Gasteiger partial charge in [0.15, 0.2) is 0 Å². The summed E-state index contributed by atoms with van der Waals surface area (Å²) in [6, 6.07) is 12.9. The number of carbonyl (C=O) groups excluding carboxylic acids is 1. The van der Waals surface area contributed by atoms with Crippen molar-refractivity contribution in [3.05, 3.63) is 59.9 Å². The number of carbonyl (C=O) groups is 1. The monoisotopic (exact) mass is 267 g/mol. The Labute approximate surface area is 118 Å². The van der Waals surface area contributed by atoms with Gasteiger partial charge in [0.2, 0.25) is 0 Å².